The van der Waals surface area contributed by atoms with Crippen LogP contribution < -0.4 is 15.2 Å². The Morgan fingerprint density at radius 1 is 1.22 bits per heavy atom. The Hall–Kier alpha value is -2.37. The highest BCUT2D eigenvalue weighted by Crippen LogP contribution is 2.30. The highest BCUT2D eigenvalue weighted by molar-refractivity contribution is 5.56. The first-order chi connectivity index (χ1) is 8.61. The van der Waals surface area contributed by atoms with Gasteiger partial charge in [-0.3, -0.25) is 0 Å². The van der Waals surface area contributed by atoms with Gasteiger partial charge in [-0.2, -0.15) is 9.97 Å². The molecule has 0 aliphatic carbocycles. The second-order valence-electron chi connectivity index (χ2n) is 3.61. The van der Waals surface area contributed by atoms with E-state index >= 15 is 0 Å². The van der Waals surface area contributed by atoms with Crippen molar-refractivity contribution >= 4 is 5.69 Å². The van der Waals surface area contributed by atoms with E-state index in [4.69, 9.17) is 15.2 Å². The van der Waals surface area contributed by atoms with Crippen LogP contribution in [0.1, 0.15) is 5.56 Å². The van der Waals surface area contributed by atoms with E-state index in [0.29, 0.717) is 11.3 Å². The first-order valence-electron chi connectivity index (χ1n) is 5.20. The van der Waals surface area contributed by atoms with Gasteiger partial charge in [-0.15, -0.1) is 0 Å². The number of aryl methyl sites for hydroxylation is 1. The number of rotatable bonds is 3. The summed E-state index contributed by atoms with van der Waals surface area (Å²) in [7, 11) is 1.45. The monoisotopic (exact) mass is 249 g/mol. The zero-order valence-corrected chi connectivity index (χ0v) is 9.98. The van der Waals surface area contributed by atoms with Gasteiger partial charge < -0.3 is 15.2 Å². The van der Waals surface area contributed by atoms with Crippen molar-refractivity contribution in [3.05, 3.63) is 35.9 Å². The number of aromatic nitrogens is 2. The van der Waals surface area contributed by atoms with E-state index in [-0.39, 0.29) is 23.3 Å². The third-order valence-corrected chi connectivity index (χ3v) is 2.35. The molecule has 0 amide bonds. The fourth-order valence-corrected chi connectivity index (χ4v) is 1.40. The first kappa shape index (κ1) is 12.1. The summed E-state index contributed by atoms with van der Waals surface area (Å²) in [5.74, 6) is 0.559. The lowest BCUT2D eigenvalue weighted by Crippen LogP contribution is -2.00. The molecule has 5 nitrogen and oxygen atoms in total. The molecule has 94 valence electrons. The normalized spacial score (nSPS) is 10.2. The van der Waals surface area contributed by atoms with E-state index < -0.39 is 0 Å². The van der Waals surface area contributed by atoms with Crippen LogP contribution in [0, 0.1) is 12.7 Å². The molecule has 0 radical (unpaired) electrons. The number of anilines is 1. The Bertz CT molecular complexity index is 575. The molecule has 0 aliphatic rings. The summed E-state index contributed by atoms with van der Waals surface area (Å²) in [5.41, 5.74) is 6.44. The Kier molecular flexibility index (Phi) is 3.27. The number of nitrogens with zero attached hydrogens (tertiary/aromatic N) is 2. The lowest BCUT2D eigenvalue weighted by molar-refractivity contribution is 0.391. The van der Waals surface area contributed by atoms with E-state index in [9.17, 15) is 4.39 Å². The molecule has 2 N–H and O–H groups in total. The number of nitrogen functional groups attached to an aromatic ring is 1. The Morgan fingerprint density at radius 2 is 1.94 bits per heavy atom. The van der Waals surface area contributed by atoms with Crippen LogP contribution in [0.3, 0.4) is 0 Å². The first-order valence-corrected chi connectivity index (χ1v) is 5.20. The Balaban J connectivity index is 2.31. The molecule has 1 heterocycles. The van der Waals surface area contributed by atoms with Gasteiger partial charge in [0, 0.05) is 0 Å². The van der Waals surface area contributed by atoms with Crippen LogP contribution >= 0.6 is 0 Å². The summed E-state index contributed by atoms with van der Waals surface area (Å²) < 4.78 is 23.5. The number of halogens is 1. The van der Waals surface area contributed by atoms with E-state index in [1.807, 2.05) is 0 Å². The lowest BCUT2D eigenvalue weighted by atomic mass is 10.2. The maximum atomic E-state index is 13.1. The predicted molar refractivity (Wildman–Crippen MR) is 64.2 cm³/mol. The van der Waals surface area contributed by atoms with Gasteiger partial charge >= 0.3 is 0 Å². The highest BCUT2D eigenvalue weighted by Gasteiger charge is 2.11. The molecule has 2 aromatic rings. The third kappa shape index (κ3) is 2.32. The van der Waals surface area contributed by atoms with Gasteiger partial charge in [-0.05, 0) is 30.7 Å². The molecular formula is C12H12FN3O2. The van der Waals surface area contributed by atoms with E-state index in [1.165, 1.54) is 25.6 Å². The molecule has 0 bridgehead atoms. The molecule has 0 spiro atoms. The number of hydrogen-bond donors (Lipinski definition) is 1. The van der Waals surface area contributed by atoms with Crippen molar-refractivity contribution in [1.82, 2.24) is 9.97 Å². The van der Waals surface area contributed by atoms with Crippen molar-refractivity contribution in [1.29, 1.82) is 0 Å². The van der Waals surface area contributed by atoms with Crippen molar-refractivity contribution in [3.63, 3.8) is 0 Å². The standard InChI is InChI=1S/C12H12FN3O2/c1-7-5-8(3-4-9(7)13)18-12-10(14)11(17-2)15-6-16-12/h3-6H,14H2,1-2H3. The van der Waals surface area contributed by atoms with Crippen LogP contribution in [-0.2, 0) is 0 Å². The average molecular weight is 249 g/mol. The van der Waals surface area contributed by atoms with Crippen molar-refractivity contribution in [2.24, 2.45) is 0 Å². The summed E-state index contributed by atoms with van der Waals surface area (Å²) in [5, 5.41) is 0. The summed E-state index contributed by atoms with van der Waals surface area (Å²) >= 11 is 0. The van der Waals surface area contributed by atoms with Crippen LogP contribution in [0.4, 0.5) is 10.1 Å². The quantitative estimate of drug-likeness (QED) is 0.903. The number of hydrogen-bond acceptors (Lipinski definition) is 5. The Morgan fingerprint density at radius 3 is 2.61 bits per heavy atom. The molecule has 0 atom stereocenters. The number of ether oxygens (including phenoxy) is 2. The van der Waals surface area contributed by atoms with Crippen LogP contribution in [0.15, 0.2) is 24.5 Å². The third-order valence-electron chi connectivity index (χ3n) is 2.35. The second kappa shape index (κ2) is 4.87. The summed E-state index contributed by atoms with van der Waals surface area (Å²) in [4.78, 5) is 7.73. The molecule has 6 heteroatoms. The van der Waals surface area contributed by atoms with E-state index in [0.717, 1.165) is 0 Å². The zero-order valence-electron chi connectivity index (χ0n) is 9.98. The topological polar surface area (TPSA) is 70.3 Å². The van der Waals surface area contributed by atoms with Crippen LogP contribution in [0.25, 0.3) is 0 Å². The Labute approximate surface area is 103 Å². The molecule has 0 saturated heterocycles. The minimum Gasteiger partial charge on any atom is -0.479 e. The second-order valence-corrected chi connectivity index (χ2v) is 3.61. The van der Waals surface area contributed by atoms with Crippen LogP contribution in [0.5, 0.6) is 17.5 Å². The van der Waals surface area contributed by atoms with Crippen molar-refractivity contribution in [3.8, 4) is 17.5 Å². The van der Waals surface area contributed by atoms with Crippen LogP contribution in [0.2, 0.25) is 0 Å². The van der Waals surface area contributed by atoms with E-state index in [2.05, 4.69) is 9.97 Å². The van der Waals surface area contributed by atoms with Gasteiger partial charge in [-0.25, -0.2) is 4.39 Å². The fourth-order valence-electron chi connectivity index (χ4n) is 1.40. The molecule has 2 rings (SSSR count). The molecule has 0 unspecified atom stereocenters. The van der Waals surface area contributed by atoms with Gasteiger partial charge in [0.15, 0.2) is 5.69 Å². The largest absolute Gasteiger partial charge is 0.479 e. The molecule has 0 fully saturated rings. The molecule has 1 aromatic heterocycles. The molecule has 0 aliphatic heterocycles. The number of methoxy groups -OCH3 is 1. The SMILES string of the molecule is COc1ncnc(Oc2ccc(F)c(C)c2)c1N. The smallest absolute Gasteiger partial charge is 0.249 e. The van der Waals surface area contributed by atoms with Crippen LogP contribution in [-0.4, -0.2) is 17.1 Å². The lowest BCUT2D eigenvalue weighted by Gasteiger charge is -2.09. The minimum absolute atomic E-state index is 0.174. The minimum atomic E-state index is -0.296. The molecular weight excluding hydrogens is 237 g/mol. The van der Waals surface area contributed by atoms with Crippen molar-refractivity contribution in [2.45, 2.75) is 6.92 Å². The number of benzene rings is 1. The maximum Gasteiger partial charge on any atom is 0.249 e. The van der Waals surface area contributed by atoms with E-state index in [1.54, 1.807) is 13.0 Å². The van der Waals surface area contributed by atoms with Gasteiger partial charge in [0.05, 0.1) is 7.11 Å². The van der Waals surface area contributed by atoms with Gasteiger partial charge in [0.2, 0.25) is 11.8 Å². The summed E-state index contributed by atoms with van der Waals surface area (Å²) in [6, 6.07) is 4.37. The van der Waals surface area contributed by atoms with Gasteiger partial charge in [-0.1, -0.05) is 0 Å². The highest BCUT2D eigenvalue weighted by atomic mass is 19.1. The van der Waals surface area contributed by atoms with Crippen molar-refractivity contribution < 1.29 is 13.9 Å². The average Bonchev–Trinajstić information content (AvgIpc) is 2.36. The molecule has 1 aromatic carbocycles. The van der Waals surface area contributed by atoms with Gasteiger partial charge in [0.25, 0.3) is 0 Å². The fraction of sp³-hybridized carbons (Fsp3) is 0.167. The summed E-state index contributed by atoms with van der Waals surface area (Å²) in [6.45, 7) is 1.64. The molecule has 18 heavy (non-hydrogen) atoms. The number of nitrogens with two attached hydrogens (primary N) is 1. The summed E-state index contributed by atoms with van der Waals surface area (Å²) in [6.07, 6.45) is 1.28. The predicted octanol–water partition coefficient (Wildman–Crippen LogP) is 2.31. The zero-order chi connectivity index (χ0) is 13.1. The van der Waals surface area contributed by atoms with Gasteiger partial charge in [0.1, 0.15) is 17.9 Å². The molecule has 0 saturated carbocycles. The van der Waals surface area contributed by atoms with Crippen molar-refractivity contribution in [2.75, 3.05) is 12.8 Å². The maximum absolute atomic E-state index is 13.1.